The fourth-order valence-corrected chi connectivity index (χ4v) is 2.80. The van der Waals surface area contributed by atoms with Gasteiger partial charge in [0.15, 0.2) is 12.6 Å². The van der Waals surface area contributed by atoms with Gasteiger partial charge in [-0.1, -0.05) is 15.9 Å². The number of nitrogens with zero attached hydrogens (tertiary/aromatic N) is 1. The summed E-state index contributed by atoms with van der Waals surface area (Å²) in [7, 11) is 1.67. The molecule has 2 aromatic rings. The van der Waals surface area contributed by atoms with Crippen LogP contribution in [0.5, 0.6) is 5.75 Å². The van der Waals surface area contributed by atoms with Gasteiger partial charge in [-0.3, -0.25) is 5.10 Å². The number of ether oxygens (including phenoxy) is 3. The van der Waals surface area contributed by atoms with Crippen molar-refractivity contribution in [2.24, 2.45) is 0 Å². The van der Waals surface area contributed by atoms with Gasteiger partial charge < -0.3 is 14.2 Å². The topological polar surface area (TPSA) is 56.4 Å². The first-order chi connectivity index (χ1) is 10.2. The largest absolute Gasteiger partial charge is 0.497 e. The second-order valence-corrected chi connectivity index (χ2v) is 5.79. The van der Waals surface area contributed by atoms with Crippen LogP contribution in [0.3, 0.4) is 0 Å². The first-order valence-electron chi connectivity index (χ1n) is 6.83. The minimum absolute atomic E-state index is 0.134. The zero-order chi connectivity index (χ0) is 14.8. The molecular formula is C15H17BrN2O3. The van der Waals surface area contributed by atoms with Crippen LogP contribution in [0.2, 0.25) is 0 Å². The first-order valence-corrected chi connectivity index (χ1v) is 7.62. The van der Waals surface area contributed by atoms with Gasteiger partial charge in [0.1, 0.15) is 5.75 Å². The fraction of sp³-hybridized carbons (Fsp3) is 0.400. The van der Waals surface area contributed by atoms with Crippen molar-refractivity contribution >= 4 is 15.9 Å². The molecule has 5 nitrogen and oxygen atoms in total. The Kier molecular flexibility index (Phi) is 4.28. The number of aromatic amines is 1. The van der Waals surface area contributed by atoms with Gasteiger partial charge in [-0.2, -0.15) is 5.10 Å². The molecule has 1 saturated heterocycles. The lowest BCUT2D eigenvalue weighted by atomic mass is 10.1. The average Bonchev–Trinajstić information content (AvgIpc) is 2.91. The van der Waals surface area contributed by atoms with Crippen molar-refractivity contribution in [3.05, 3.63) is 45.7 Å². The predicted molar refractivity (Wildman–Crippen MR) is 81.1 cm³/mol. The minimum Gasteiger partial charge on any atom is -0.497 e. The lowest BCUT2D eigenvalue weighted by Crippen LogP contribution is -2.32. The van der Waals surface area contributed by atoms with Crippen molar-refractivity contribution in [2.45, 2.75) is 32.3 Å². The van der Waals surface area contributed by atoms with Gasteiger partial charge in [0.2, 0.25) is 0 Å². The normalized spacial score (nSPS) is 21.1. The molecule has 1 fully saturated rings. The number of halogens is 1. The second-order valence-electron chi connectivity index (χ2n) is 4.93. The van der Waals surface area contributed by atoms with Gasteiger partial charge >= 0.3 is 0 Å². The van der Waals surface area contributed by atoms with Gasteiger partial charge in [0, 0.05) is 15.7 Å². The van der Waals surface area contributed by atoms with Crippen molar-refractivity contribution in [3.63, 3.8) is 0 Å². The Balaban J connectivity index is 1.69. The quantitative estimate of drug-likeness (QED) is 0.896. The summed E-state index contributed by atoms with van der Waals surface area (Å²) in [6, 6.07) is 5.98. The molecule has 0 saturated carbocycles. The van der Waals surface area contributed by atoms with Gasteiger partial charge in [-0.25, -0.2) is 0 Å². The van der Waals surface area contributed by atoms with Gasteiger partial charge in [-0.05, 0) is 43.5 Å². The van der Waals surface area contributed by atoms with Crippen LogP contribution in [0.4, 0.5) is 0 Å². The van der Waals surface area contributed by atoms with E-state index < -0.39 is 0 Å². The highest BCUT2D eigenvalue weighted by atomic mass is 79.9. The summed E-state index contributed by atoms with van der Waals surface area (Å²) >= 11 is 3.57. The van der Waals surface area contributed by atoms with E-state index in [2.05, 4.69) is 26.1 Å². The number of hydrogen-bond acceptors (Lipinski definition) is 4. The summed E-state index contributed by atoms with van der Waals surface area (Å²) < 4.78 is 17.4. The maximum absolute atomic E-state index is 5.52. The zero-order valence-corrected chi connectivity index (χ0v) is 13.5. The number of aromatic nitrogens is 2. The average molecular weight is 353 g/mol. The first kappa shape index (κ1) is 14.6. The number of methoxy groups -OCH3 is 1. The summed E-state index contributed by atoms with van der Waals surface area (Å²) in [5.41, 5.74) is 3.22. The smallest absolute Gasteiger partial charge is 0.193 e. The number of hydrogen-bond donors (Lipinski definition) is 1. The lowest BCUT2D eigenvalue weighted by Gasteiger charge is -2.33. The maximum Gasteiger partial charge on any atom is 0.193 e. The van der Waals surface area contributed by atoms with Crippen LogP contribution in [-0.2, 0) is 22.3 Å². The molecule has 1 aliphatic heterocycles. The molecule has 3 rings (SSSR count). The molecule has 21 heavy (non-hydrogen) atoms. The SMILES string of the molecule is COc1ccc(Br)c(CCc2[nH]ncc2C2OC(C)O2)c1. The summed E-state index contributed by atoms with van der Waals surface area (Å²) in [5.74, 6) is 0.859. The molecule has 6 heteroatoms. The van der Waals surface area contributed by atoms with Crippen molar-refractivity contribution in [1.82, 2.24) is 10.2 Å². The standard InChI is InChI=1S/C15H17BrN2O3/c1-9-20-15(21-9)12-8-17-18-14(12)6-3-10-7-11(19-2)4-5-13(10)16/h4-5,7-9,15H,3,6H2,1-2H3,(H,17,18). The molecule has 0 radical (unpaired) electrons. The van der Waals surface area contributed by atoms with Crippen LogP contribution in [0.15, 0.2) is 28.9 Å². The summed E-state index contributed by atoms with van der Waals surface area (Å²) in [6.45, 7) is 1.88. The molecule has 0 aliphatic carbocycles. The van der Waals surface area contributed by atoms with Crippen LogP contribution < -0.4 is 4.74 Å². The molecule has 0 spiro atoms. The third-order valence-corrected chi connectivity index (χ3v) is 4.31. The molecule has 0 bridgehead atoms. The number of rotatable bonds is 5. The van der Waals surface area contributed by atoms with E-state index in [9.17, 15) is 0 Å². The molecule has 1 aliphatic rings. The van der Waals surface area contributed by atoms with Crippen molar-refractivity contribution < 1.29 is 14.2 Å². The Labute approximate surface area is 131 Å². The zero-order valence-electron chi connectivity index (χ0n) is 11.9. The summed E-state index contributed by atoms with van der Waals surface area (Å²) in [4.78, 5) is 0. The second kappa shape index (κ2) is 6.17. The van der Waals surface area contributed by atoms with Crippen LogP contribution in [0.1, 0.15) is 30.0 Å². The van der Waals surface area contributed by atoms with Crippen molar-refractivity contribution in [1.29, 1.82) is 0 Å². The van der Waals surface area contributed by atoms with Gasteiger partial charge in [0.25, 0.3) is 0 Å². The van der Waals surface area contributed by atoms with E-state index >= 15 is 0 Å². The lowest BCUT2D eigenvalue weighted by molar-refractivity contribution is -0.382. The van der Waals surface area contributed by atoms with E-state index in [1.54, 1.807) is 13.3 Å². The van der Waals surface area contributed by atoms with E-state index in [0.29, 0.717) is 0 Å². The van der Waals surface area contributed by atoms with Crippen LogP contribution in [0, 0.1) is 0 Å². The molecule has 2 heterocycles. The molecule has 0 amide bonds. The minimum atomic E-state index is -0.289. The summed E-state index contributed by atoms with van der Waals surface area (Å²) in [5, 5.41) is 7.13. The van der Waals surface area contributed by atoms with E-state index in [1.807, 2.05) is 25.1 Å². The van der Waals surface area contributed by atoms with E-state index in [1.165, 1.54) is 5.56 Å². The van der Waals surface area contributed by atoms with E-state index in [-0.39, 0.29) is 12.6 Å². The third kappa shape index (κ3) is 3.12. The molecule has 0 unspecified atom stereocenters. The van der Waals surface area contributed by atoms with Crippen molar-refractivity contribution in [3.8, 4) is 5.75 Å². The van der Waals surface area contributed by atoms with Crippen LogP contribution >= 0.6 is 15.9 Å². The van der Waals surface area contributed by atoms with E-state index in [0.717, 1.165) is 34.3 Å². The highest BCUT2D eigenvalue weighted by molar-refractivity contribution is 9.10. The highest BCUT2D eigenvalue weighted by Gasteiger charge is 2.31. The summed E-state index contributed by atoms with van der Waals surface area (Å²) in [6.07, 6.45) is 3.05. The number of aryl methyl sites for hydroxylation is 2. The molecule has 112 valence electrons. The predicted octanol–water partition coefficient (Wildman–Crippen LogP) is 3.36. The Hall–Kier alpha value is -1.37. The van der Waals surface area contributed by atoms with Crippen LogP contribution in [0.25, 0.3) is 0 Å². The number of benzene rings is 1. The molecule has 0 atom stereocenters. The highest BCUT2D eigenvalue weighted by Crippen LogP contribution is 2.33. The fourth-order valence-electron chi connectivity index (χ4n) is 2.36. The monoisotopic (exact) mass is 352 g/mol. The number of nitrogens with one attached hydrogen (secondary N) is 1. The number of H-pyrrole nitrogens is 1. The maximum atomic E-state index is 5.52. The molecular weight excluding hydrogens is 336 g/mol. The Morgan fingerprint density at radius 3 is 2.86 bits per heavy atom. The van der Waals surface area contributed by atoms with Crippen molar-refractivity contribution in [2.75, 3.05) is 7.11 Å². The third-order valence-electron chi connectivity index (χ3n) is 3.53. The van der Waals surface area contributed by atoms with Gasteiger partial charge in [-0.15, -0.1) is 0 Å². The van der Waals surface area contributed by atoms with Gasteiger partial charge in [0.05, 0.1) is 13.3 Å². The Bertz CT molecular complexity index is 623. The molecule has 1 N–H and O–H groups in total. The molecule has 1 aromatic heterocycles. The molecule has 1 aromatic carbocycles. The van der Waals surface area contributed by atoms with Crippen LogP contribution in [-0.4, -0.2) is 23.6 Å². The Morgan fingerprint density at radius 2 is 2.14 bits per heavy atom. The van der Waals surface area contributed by atoms with E-state index in [4.69, 9.17) is 14.2 Å². The Morgan fingerprint density at radius 1 is 1.33 bits per heavy atom.